The lowest BCUT2D eigenvalue weighted by molar-refractivity contribution is 0.157. The van der Waals surface area contributed by atoms with Gasteiger partial charge in [-0.2, -0.15) is 0 Å². The molecule has 0 aromatic heterocycles. The highest BCUT2D eigenvalue weighted by Gasteiger charge is 2.17. The summed E-state index contributed by atoms with van der Waals surface area (Å²) in [7, 11) is 1.67. The lowest BCUT2D eigenvalue weighted by Crippen LogP contribution is -2.38. The summed E-state index contributed by atoms with van der Waals surface area (Å²) in [6.07, 6.45) is 2.44. The minimum atomic E-state index is 0. The molecular formula is C15H25ClN2O2. The van der Waals surface area contributed by atoms with Crippen LogP contribution in [0.4, 0.5) is 0 Å². The molecule has 1 aromatic rings. The summed E-state index contributed by atoms with van der Waals surface area (Å²) in [5.74, 6) is 2.48. The van der Waals surface area contributed by atoms with Crippen LogP contribution in [0, 0.1) is 5.92 Å². The molecular weight excluding hydrogens is 276 g/mol. The van der Waals surface area contributed by atoms with Gasteiger partial charge in [0, 0.05) is 6.54 Å². The maximum Gasteiger partial charge on any atom is 0.119 e. The fourth-order valence-electron chi connectivity index (χ4n) is 2.41. The highest BCUT2D eigenvalue weighted by atomic mass is 35.5. The molecule has 1 aliphatic rings. The number of nitrogens with two attached hydrogens (primary N) is 1. The fourth-order valence-corrected chi connectivity index (χ4v) is 2.41. The van der Waals surface area contributed by atoms with Crippen LogP contribution in [0.3, 0.4) is 0 Å². The van der Waals surface area contributed by atoms with Gasteiger partial charge in [-0.05, 0) is 62.7 Å². The minimum absolute atomic E-state index is 0. The van der Waals surface area contributed by atoms with Crippen LogP contribution in [-0.4, -0.2) is 44.8 Å². The van der Waals surface area contributed by atoms with Gasteiger partial charge in [0.25, 0.3) is 0 Å². The Morgan fingerprint density at radius 3 is 2.30 bits per heavy atom. The van der Waals surface area contributed by atoms with Crippen LogP contribution in [0.1, 0.15) is 12.8 Å². The SMILES string of the molecule is COc1ccc(OCCN2CCC(CN)CC2)cc1.Cl. The van der Waals surface area contributed by atoms with Crippen LogP contribution in [0.25, 0.3) is 0 Å². The van der Waals surface area contributed by atoms with Crippen molar-refractivity contribution in [1.82, 2.24) is 4.90 Å². The molecule has 1 aromatic carbocycles. The highest BCUT2D eigenvalue weighted by Crippen LogP contribution is 2.18. The number of hydrogen-bond donors (Lipinski definition) is 1. The first-order chi connectivity index (χ1) is 9.31. The van der Waals surface area contributed by atoms with Crippen molar-refractivity contribution >= 4 is 12.4 Å². The van der Waals surface area contributed by atoms with Crippen LogP contribution in [0.2, 0.25) is 0 Å². The van der Waals surface area contributed by atoms with Gasteiger partial charge in [-0.25, -0.2) is 0 Å². The Kier molecular flexibility index (Phi) is 7.73. The summed E-state index contributed by atoms with van der Waals surface area (Å²) >= 11 is 0. The number of piperidine rings is 1. The second kappa shape index (κ2) is 9.06. The smallest absolute Gasteiger partial charge is 0.119 e. The second-order valence-corrected chi connectivity index (χ2v) is 5.04. The highest BCUT2D eigenvalue weighted by molar-refractivity contribution is 5.85. The van der Waals surface area contributed by atoms with E-state index >= 15 is 0 Å². The molecule has 114 valence electrons. The maximum absolute atomic E-state index is 5.74. The molecule has 20 heavy (non-hydrogen) atoms. The van der Waals surface area contributed by atoms with Crippen molar-refractivity contribution in [3.05, 3.63) is 24.3 Å². The summed E-state index contributed by atoms with van der Waals surface area (Å²) in [5.41, 5.74) is 5.70. The van der Waals surface area contributed by atoms with Gasteiger partial charge in [-0.15, -0.1) is 12.4 Å². The standard InChI is InChI=1S/C15H24N2O2.ClH/c1-18-14-2-4-15(5-3-14)19-11-10-17-8-6-13(12-16)7-9-17;/h2-5,13H,6-12,16H2,1H3;1H. The third kappa shape index (κ3) is 5.19. The Hall–Kier alpha value is -0.970. The summed E-state index contributed by atoms with van der Waals surface area (Å²) < 4.78 is 10.9. The largest absolute Gasteiger partial charge is 0.497 e. The van der Waals surface area contributed by atoms with Gasteiger partial charge in [0.1, 0.15) is 18.1 Å². The Bertz CT molecular complexity index is 365. The zero-order valence-corrected chi connectivity index (χ0v) is 12.9. The van der Waals surface area contributed by atoms with Crippen molar-refractivity contribution < 1.29 is 9.47 Å². The van der Waals surface area contributed by atoms with Crippen molar-refractivity contribution in [2.24, 2.45) is 11.7 Å². The average Bonchev–Trinajstić information content (AvgIpc) is 2.49. The Morgan fingerprint density at radius 2 is 1.75 bits per heavy atom. The number of halogens is 1. The van der Waals surface area contributed by atoms with E-state index in [0.29, 0.717) is 0 Å². The quantitative estimate of drug-likeness (QED) is 0.875. The van der Waals surface area contributed by atoms with Crippen LogP contribution in [0.15, 0.2) is 24.3 Å². The monoisotopic (exact) mass is 300 g/mol. The molecule has 2 rings (SSSR count). The zero-order chi connectivity index (χ0) is 13.5. The van der Waals surface area contributed by atoms with Gasteiger partial charge < -0.3 is 15.2 Å². The predicted octanol–water partition coefficient (Wildman–Crippen LogP) is 2.17. The van der Waals surface area contributed by atoms with Crippen LogP contribution in [-0.2, 0) is 0 Å². The summed E-state index contributed by atoms with van der Waals surface area (Å²) in [5, 5.41) is 0. The van der Waals surface area contributed by atoms with Gasteiger partial charge >= 0.3 is 0 Å². The molecule has 1 heterocycles. The Morgan fingerprint density at radius 1 is 1.15 bits per heavy atom. The van der Waals surface area contributed by atoms with Gasteiger partial charge in [0.15, 0.2) is 0 Å². The van der Waals surface area contributed by atoms with Crippen molar-refractivity contribution in [1.29, 1.82) is 0 Å². The minimum Gasteiger partial charge on any atom is -0.497 e. The fraction of sp³-hybridized carbons (Fsp3) is 0.600. The van der Waals surface area contributed by atoms with E-state index in [4.69, 9.17) is 15.2 Å². The molecule has 4 nitrogen and oxygen atoms in total. The first kappa shape index (κ1) is 17.1. The maximum atomic E-state index is 5.74. The van der Waals surface area contributed by atoms with Crippen LogP contribution < -0.4 is 15.2 Å². The summed E-state index contributed by atoms with van der Waals surface area (Å²) in [4.78, 5) is 2.45. The van der Waals surface area contributed by atoms with Crippen molar-refractivity contribution in [2.45, 2.75) is 12.8 Å². The van der Waals surface area contributed by atoms with Crippen molar-refractivity contribution in [2.75, 3.05) is 39.9 Å². The molecule has 0 unspecified atom stereocenters. The number of methoxy groups -OCH3 is 1. The number of likely N-dealkylation sites (tertiary alicyclic amines) is 1. The molecule has 0 saturated carbocycles. The van der Waals surface area contributed by atoms with Crippen LogP contribution in [0.5, 0.6) is 11.5 Å². The number of rotatable bonds is 6. The molecule has 1 fully saturated rings. The molecule has 2 N–H and O–H groups in total. The molecule has 0 aliphatic carbocycles. The molecule has 1 aliphatic heterocycles. The van der Waals surface area contributed by atoms with Gasteiger partial charge in [-0.1, -0.05) is 0 Å². The van der Waals surface area contributed by atoms with E-state index in [-0.39, 0.29) is 12.4 Å². The lowest BCUT2D eigenvalue weighted by atomic mass is 9.97. The van der Waals surface area contributed by atoms with Crippen molar-refractivity contribution in [3.63, 3.8) is 0 Å². The Labute approximate surface area is 127 Å². The number of benzene rings is 1. The average molecular weight is 301 g/mol. The third-order valence-electron chi connectivity index (χ3n) is 3.78. The topological polar surface area (TPSA) is 47.7 Å². The molecule has 0 amide bonds. The first-order valence-corrected chi connectivity index (χ1v) is 7.01. The van der Waals surface area contributed by atoms with Gasteiger partial charge in [-0.3, -0.25) is 4.90 Å². The normalized spacial score (nSPS) is 16.5. The van der Waals surface area contributed by atoms with E-state index in [0.717, 1.165) is 50.2 Å². The van der Waals surface area contributed by atoms with Gasteiger partial charge in [0.05, 0.1) is 7.11 Å². The van der Waals surface area contributed by atoms with E-state index < -0.39 is 0 Å². The lowest BCUT2D eigenvalue weighted by Gasteiger charge is -2.31. The zero-order valence-electron chi connectivity index (χ0n) is 12.1. The molecule has 0 atom stereocenters. The first-order valence-electron chi connectivity index (χ1n) is 7.01. The van der Waals surface area contributed by atoms with E-state index in [1.807, 2.05) is 24.3 Å². The second-order valence-electron chi connectivity index (χ2n) is 5.04. The molecule has 1 saturated heterocycles. The van der Waals surface area contributed by atoms with E-state index in [1.165, 1.54) is 12.8 Å². The molecule has 5 heteroatoms. The Balaban J connectivity index is 0.00000200. The number of hydrogen-bond acceptors (Lipinski definition) is 4. The van der Waals surface area contributed by atoms with Crippen LogP contribution >= 0.6 is 12.4 Å². The summed E-state index contributed by atoms with van der Waals surface area (Å²) in [6, 6.07) is 7.73. The third-order valence-corrected chi connectivity index (χ3v) is 3.78. The molecule has 0 spiro atoms. The number of nitrogens with zero attached hydrogens (tertiary/aromatic N) is 1. The van der Waals surface area contributed by atoms with E-state index in [1.54, 1.807) is 7.11 Å². The summed E-state index contributed by atoms with van der Waals surface area (Å²) in [6.45, 7) is 4.85. The molecule has 0 radical (unpaired) electrons. The van der Waals surface area contributed by atoms with Gasteiger partial charge in [0.2, 0.25) is 0 Å². The van der Waals surface area contributed by atoms with E-state index in [2.05, 4.69) is 4.90 Å². The van der Waals surface area contributed by atoms with Crippen molar-refractivity contribution in [3.8, 4) is 11.5 Å². The predicted molar refractivity (Wildman–Crippen MR) is 84.0 cm³/mol. The number of ether oxygens (including phenoxy) is 2. The van der Waals surface area contributed by atoms with E-state index in [9.17, 15) is 0 Å². The molecule has 0 bridgehead atoms.